The van der Waals surface area contributed by atoms with E-state index in [0.717, 1.165) is 6.54 Å². The molecule has 3 nitrogen and oxygen atoms in total. The van der Waals surface area contributed by atoms with Crippen molar-refractivity contribution in [2.24, 2.45) is 0 Å². The van der Waals surface area contributed by atoms with Gasteiger partial charge in [-0.25, -0.2) is 0 Å². The second-order valence-electron chi connectivity index (χ2n) is 5.19. The lowest BCUT2D eigenvalue weighted by molar-refractivity contribution is 0.0423. The highest BCUT2D eigenvalue weighted by Crippen LogP contribution is 2.21. The lowest BCUT2D eigenvalue weighted by Crippen LogP contribution is -2.38. The molecule has 18 heavy (non-hydrogen) atoms. The molecule has 0 fully saturated rings. The zero-order chi connectivity index (χ0) is 13.4. The molecule has 0 aliphatic carbocycles. The molecule has 0 saturated carbocycles. The molecule has 1 unspecified atom stereocenters. The summed E-state index contributed by atoms with van der Waals surface area (Å²) in [4.78, 5) is 0. The zero-order valence-corrected chi connectivity index (χ0v) is 11.6. The molecular formula is C15H25NO2. The molecule has 0 heterocycles. The fraction of sp³-hybridized carbons (Fsp3) is 0.600. The number of hydrogen-bond acceptors (Lipinski definition) is 3. The van der Waals surface area contributed by atoms with Gasteiger partial charge in [-0.15, -0.1) is 0 Å². The Labute approximate surface area is 110 Å². The Morgan fingerprint density at radius 3 is 2.56 bits per heavy atom. The van der Waals surface area contributed by atoms with Crippen molar-refractivity contribution in [1.29, 1.82) is 0 Å². The van der Waals surface area contributed by atoms with E-state index >= 15 is 0 Å². The van der Waals surface area contributed by atoms with E-state index in [1.54, 1.807) is 0 Å². The molecule has 1 rings (SSSR count). The molecule has 3 heteroatoms. The Morgan fingerprint density at radius 2 is 1.94 bits per heavy atom. The van der Waals surface area contributed by atoms with Crippen molar-refractivity contribution in [2.75, 3.05) is 26.3 Å². The van der Waals surface area contributed by atoms with Crippen LogP contribution in [0.5, 0.6) is 0 Å². The largest absolute Gasteiger partial charge is 0.389 e. The smallest absolute Gasteiger partial charge is 0.0897 e. The summed E-state index contributed by atoms with van der Waals surface area (Å²) in [5.74, 6) is 0. The predicted molar refractivity (Wildman–Crippen MR) is 74.8 cm³/mol. The van der Waals surface area contributed by atoms with Crippen LogP contribution in [0.25, 0.3) is 0 Å². The van der Waals surface area contributed by atoms with Gasteiger partial charge < -0.3 is 15.2 Å². The van der Waals surface area contributed by atoms with E-state index in [-0.39, 0.29) is 5.41 Å². The van der Waals surface area contributed by atoms with Gasteiger partial charge in [0.2, 0.25) is 0 Å². The number of hydrogen-bond donors (Lipinski definition) is 2. The summed E-state index contributed by atoms with van der Waals surface area (Å²) in [6.07, 6.45) is -0.434. The second kappa shape index (κ2) is 7.52. The van der Waals surface area contributed by atoms with E-state index < -0.39 is 6.10 Å². The van der Waals surface area contributed by atoms with Gasteiger partial charge in [0.05, 0.1) is 12.7 Å². The van der Waals surface area contributed by atoms with Gasteiger partial charge in [0.25, 0.3) is 0 Å². The lowest BCUT2D eigenvalue weighted by Gasteiger charge is -2.26. The molecule has 0 bridgehead atoms. The molecule has 1 aromatic carbocycles. The second-order valence-corrected chi connectivity index (χ2v) is 5.19. The van der Waals surface area contributed by atoms with Crippen LogP contribution in [0, 0.1) is 0 Å². The van der Waals surface area contributed by atoms with Crippen LogP contribution in [-0.2, 0) is 10.2 Å². The Balaban J connectivity index is 2.34. The minimum Gasteiger partial charge on any atom is -0.389 e. The van der Waals surface area contributed by atoms with E-state index in [4.69, 9.17) is 4.74 Å². The normalized spacial score (nSPS) is 13.6. The molecule has 1 atom stereocenters. The first-order chi connectivity index (χ1) is 8.56. The van der Waals surface area contributed by atoms with Crippen molar-refractivity contribution < 1.29 is 9.84 Å². The van der Waals surface area contributed by atoms with Gasteiger partial charge in [-0.05, 0) is 12.5 Å². The summed E-state index contributed by atoms with van der Waals surface area (Å²) in [5, 5.41) is 13.0. The third kappa shape index (κ3) is 5.17. The van der Waals surface area contributed by atoms with Gasteiger partial charge in [0, 0.05) is 25.1 Å². The number of benzene rings is 1. The molecular weight excluding hydrogens is 226 g/mol. The minimum absolute atomic E-state index is 0.0621. The summed E-state index contributed by atoms with van der Waals surface area (Å²) in [5.41, 5.74) is 1.36. The third-order valence-electron chi connectivity index (χ3n) is 3.02. The quantitative estimate of drug-likeness (QED) is 0.742. The van der Waals surface area contributed by atoms with Crippen LogP contribution in [0.4, 0.5) is 0 Å². The standard InChI is InChI=1S/C15H25NO2/c1-4-18-11-14(17)10-16-12-15(2,3)13-8-6-5-7-9-13/h5-9,14,16-17H,4,10-12H2,1-3H3. The Hall–Kier alpha value is -0.900. The molecule has 0 spiro atoms. The maximum Gasteiger partial charge on any atom is 0.0897 e. The van der Waals surface area contributed by atoms with Crippen LogP contribution >= 0.6 is 0 Å². The summed E-state index contributed by atoms with van der Waals surface area (Å²) in [6.45, 7) is 8.77. The van der Waals surface area contributed by atoms with Gasteiger partial charge >= 0.3 is 0 Å². The summed E-state index contributed by atoms with van der Waals surface area (Å²) in [7, 11) is 0. The topological polar surface area (TPSA) is 41.5 Å². The molecule has 0 saturated heterocycles. The van der Waals surface area contributed by atoms with Gasteiger partial charge in [-0.2, -0.15) is 0 Å². The van der Waals surface area contributed by atoms with Crippen LogP contribution < -0.4 is 5.32 Å². The summed E-state index contributed by atoms with van der Waals surface area (Å²) in [6, 6.07) is 10.4. The molecule has 1 aromatic rings. The van der Waals surface area contributed by atoms with Crippen molar-refractivity contribution >= 4 is 0 Å². The maximum atomic E-state index is 9.66. The molecule has 0 aromatic heterocycles. The average molecular weight is 251 g/mol. The minimum atomic E-state index is -0.434. The Bertz CT molecular complexity index is 325. The van der Waals surface area contributed by atoms with Crippen LogP contribution in [0.2, 0.25) is 0 Å². The highest BCUT2D eigenvalue weighted by molar-refractivity contribution is 5.23. The van der Waals surface area contributed by atoms with E-state index in [2.05, 4.69) is 43.4 Å². The molecule has 2 N–H and O–H groups in total. The molecule has 0 aliphatic heterocycles. The molecule has 0 amide bonds. The van der Waals surface area contributed by atoms with Gasteiger partial charge in [-0.3, -0.25) is 0 Å². The van der Waals surface area contributed by atoms with Crippen molar-refractivity contribution in [3.63, 3.8) is 0 Å². The van der Waals surface area contributed by atoms with Crippen molar-refractivity contribution in [1.82, 2.24) is 5.32 Å². The summed E-state index contributed by atoms with van der Waals surface area (Å²) < 4.78 is 5.17. The van der Waals surface area contributed by atoms with Crippen molar-refractivity contribution in [3.8, 4) is 0 Å². The highest BCUT2D eigenvalue weighted by atomic mass is 16.5. The van der Waals surface area contributed by atoms with Crippen LogP contribution in [0.15, 0.2) is 30.3 Å². The lowest BCUT2D eigenvalue weighted by atomic mass is 9.84. The Morgan fingerprint density at radius 1 is 1.28 bits per heavy atom. The van der Waals surface area contributed by atoms with Crippen LogP contribution in [0.1, 0.15) is 26.3 Å². The molecule has 0 radical (unpaired) electrons. The maximum absolute atomic E-state index is 9.66. The van der Waals surface area contributed by atoms with Crippen LogP contribution in [0.3, 0.4) is 0 Å². The monoisotopic (exact) mass is 251 g/mol. The van der Waals surface area contributed by atoms with E-state index in [9.17, 15) is 5.11 Å². The number of rotatable bonds is 8. The number of aliphatic hydroxyl groups is 1. The summed E-state index contributed by atoms with van der Waals surface area (Å²) >= 11 is 0. The fourth-order valence-electron chi connectivity index (χ4n) is 1.86. The van der Waals surface area contributed by atoms with E-state index in [1.807, 2.05) is 13.0 Å². The predicted octanol–water partition coefficient (Wildman–Crippen LogP) is 1.95. The van der Waals surface area contributed by atoms with Crippen molar-refractivity contribution in [3.05, 3.63) is 35.9 Å². The average Bonchev–Trinajstić information content (AvgIpc) is 2.37. The first kappa shape index (κ1) is 15.2. The first-order valence-electron chi connectivity index (χ1n) is 6.58. The third-order valence-corrected chi connectivity index (χ3v) is 3.02. The molecule has 102 valence electrons. The van der Waals surface area contributed by atoms with Gasteiger partial charge in [-0.1, -0.05) is 44.2 Å². The van der Waals surface area contributed by atoms with Crippen LogP contribution in [-0.4, -0.2) is 37.5 Å². The van der Waals surface area contributed by atoms with Crippen molar-refractivity contribution in [2.45, 2.75) is 32.3 Å². The van der Waals surface area contributed by atoms with Gasteiger partial charge in [0.1, 0.15) is 0 Å². The Kier molecular flexibility index (Phi) is 6.33. The van der Waals surface area contributed by atoms with E-state index in [1.165, 1.54) is 5.56 Å². The van der Waals surface area contributed by atoms with Gasteiger partial charge in [0.15, 0.2) is 0 Å². The number of aliphatic hydroxyl groups excluding tert-OH is 1. The highest BCUT2D eigenvalue weighted by Gasteiger charge is 2.19. The first-order valence-corrected chi connectivity index (χ1v) is 6.58. The van der Waals surface area contributed by atoms with E-state index in [0.29, 0.717) is 19.8 Å². The number of ether oxygens (including phenoxy) is 1. The fourth-order valence-corrected chi connectivity index (χ4v) is 1.86. The molecule has 0 aliphatic rings. The number of nitrogens with one attached hydrogen (secondary N) is 1. The SMILES string of the molecule is CCOCC(O)CNCC(C)(C)c1ccccc1. The zero-order valence-electron chi connectivity index (χ0n) is 11.6.